The van der Waals surface area contributed by atoms with Gasteiger partial charge in [0.2, 0.25) is 5.89 Å². The van der Waals surface area contributed by atoms with Gasteiger partial charge in [-0.05, 0) is 37.3 Å². The fraction of sp³-hybridized carbons (Fsp3) is 0.111. The molecule has 28 heavy (non-hydrogen) atoms. The number of thiazole rings is 1. The van der Waals surface area contributed by atoms with E-state index in [-0.39, 0.29) is 17.5 Å². The van der Waals surface area contributed by atoms with Crippen molar-refractivity contribution in [2.45, 2.75) is 13.0 Å². The summed E-state index contributed by atoms with van der Waals surface area (Å²) in [4.78, 5) is 26.8. The number of aromatic nitrogens is 3. The van der Waals surface area contributed by atoms with E-state index in [1.165, 1.54) is 35.6 Å². The number of hydrogen-bond donors (Lipinski definition) is 0. The lowest BCUT2D eigenvalue weighted by Gasteiger charge is -2.09. The van der Waals surface area contributed by atoms with Crippen LogP contribution in [0.25, 0.3) is 21.7 Å². The predicted molar refractivity (Wildman–Crippen MR) is 99.8 cm³/mol. The molecule has 0 radical (unpaired) electrons. The maximum Gasteiger partial charge on any atom is 0.338 e. The number of non-ortho nitro benzene ring substituents is 1. The first kappa shape index (κ1) is 17.7. The number of ether oxygens (including phenoxy) is 1. The van der Waals surface area contributed by atoms with Gasteiger partial charge < -0.3 is 9.15 Å². The second-order valence-electron chi connectivity index (χ2n) is 5.83. The molecule has 2 heterocycles. The van der Waals surface area contributed by atoms with Gasteiger partial charge in [-0.2, -0.15) is 0 Å². The largest absolute Gasteiger partial charge is 0.449 e. The second kappa shape index (κ2) is 7.16. The van der Waals surface area contributed by atoms with E-state index in [0.717, 1.165) is 10.2 Å². The molecule has 0 saturated heterocycles. The first-order chi connectivity index (χ1) is 13.5. The van der Waals surface area contributed by atoms with Gasteiger partial charge in [0, 0.05) is 17.7 Å². The van der Waals surface area contributed by atoms with Crippen molar-refractivity contribution in [1.29, 1.82) is 0 Å². The molecule has 0 N–H and O–H groups in total. The lowest BCUT2D eigenvalue weighted by Crippen LogP contribution is -2.09. The minimum atomic E-state index is -0.760. The molecule has 2 aromatic heterocycles. The second-order valence-corrected chi connectivity index (χ2v) is 6.72. The van der Waals surface area contributed by atoms with Crippen molar-refractivity contribution in [3.8, 4) is 11.5 Å². The lowest BCUT2D eigenvalue weighted by molar-refractivity contribution is -0.384. The standard InChI is InChI=1S/C18H12N4O5S/c1-10(26-18(23)12-4-7-14-15(8-12)28-9-19-14)16-20-21-17(27-16)11-2-5-13(6-3-11)22(24)25/h2-10H,1H3/t10-/m0/s1. The third-order valence-corrected chi connectivity index (χ3v) is 4.76. The highest BCUT2D eigenvalue weighted by atomic mass is 32.1. The van der Waals surface area contributed by atoms with E-state index in [0.29, 0.717) is 11.1 Å². The number of nitro groups is 1. The summed E-state index contributed by atoms with van der Waals surface area (Å²) in [5, 5.41) is 18.5. The SMILES string of the molecule is C[C@H](OC(=O)c1ccc2ncsc2c1)c1nnc(-c2ccc([N+](=O)[O-])cc2)o1. The van der Waals surface area contributed by atoms with Crippen molar-refractivity contribution in [2.24, 2.45) is 0 Å². The molecule has 0 amide bonds. The van der Waals surface area contributed by atoms with Crippen LogP contribution in [0.5, 0.6) is 0 Å². The van der Waals surface area contributed by atoms with E-state index in [1.54, 1.807) is 30.6 Å². The molecule has 0 saturated carbocycles. The van der Waals surface area contributed by atoms with E-state index in [2.05, 4.69) is 15.2 Å². The zero-order valence-corrected chi connectivity index (χ0v) is 15.3. The van der Waals surface area contributed by atoms with Gasteiger partial charge >= 0.3 is 5.97 Å². The predicted octanol–water partition coefficient (Wildman–Crippen LogP) is 4.17. The smallest absolute Gasteiger partial charge is 0.338 e. The van der Waals surface area contributed by atoms with Crippen LogP contribution >= 0.6 is 11.3 Å². The van der Waals surface area contributed by atoms with Gasteiger partial charge in [-0.15, -0.1) is 21.5 Å². The fourth-order valence-corrected chi connectivity index (χ4v) is 3.22. The molecule has 10 heteroatoms. The number of hydrogen-bond acceptors (Lipinski definition) is 9. The Morgan fingerprint density at radius 3 is 2.75 bits per heavy atom. The summed E-state index contributed by atoms with van der Waals surface area (Å²) in [6, 6.07) is 10.8. The Hall–Kier alpha value is -3.66. The number of carbonyl (C=O) groups is 1. The molecular weight excluding hydrogens is 384 g/mol. The first-order valence-corrected chi connectivity index (χ1v) is 9.01. The Bertz CT molecular complexity index is 1170. The molecular formula is C18H12N4O5S. The number of fused-ring (bicyclic) bond motifs is 1. The van der Waals surface area contributed by atoms with Gasteiger partial charge in [0.1, 0.15) is 0 Å². The Labute approximate surface area is 161 Å². The molecule has 0 aliphatic heterocycles. The third-order valence-electron chi connectivity index (χ3n) is 3.96. The molecule has 1 atom stereocenters. The minimum Gasteiger partial charge on any atom is -0.449 e. The van der Waals surface area contributed by atoms with Crippen molar-refractivity contribution in [3.63, 3.8) is 0 Å². The van der Waals surface area contributed by atoms with Crippen molar-refractivity contribution < 1.29 is 18.9 Å². The van der Waals surface area contributed by atoms with Crippen molar-refractivity contribution >= 4 is 33.2 Å². The Kier molecular flexibility index (Phi) is 4.53. The van der Waals surface area contributed by atoms with E-state index >= 15 is 0 Å². The van der Waals surface area contributed by atoms with Gasteiger partial charge in [0.15, 0.2) is 6.10 Å². The maximum atomic E-state index is 12.4. The third kappa shape index (κ3) is 3.45. The summed E-state index contributed by atoms with van der Waals surface area (Å²) in [5.41, 5.74) is 3.42. The summed E-state index contributed by atoms with van der Waals surface area (Å²) < 4.78 is 11.8. The molecule has 0 unspecified atom stereocenters. The van der Waals surface area contributed by atoms with Crippen molar-refractivity contribution in [3.05, 3.63) is 69.5 Å². The number of rotatable bonds is 5. The zero-order valence-electron chi connectivity index (χ0n) is 14.4. The van der Waals surface area contributed by atoms with Gasteiger partial charge in [-0.25, -0.2) is 9.78 Å². The Morgan fingerprint density at radius 1 is 1.21 bits per heavy atom. The number of nitro benzene ring substituents is 1. The number of benzene rings is 2. The molecule has 0 aliphatic carbocycles. The van der Waals surface area contributed by atoms with Crippen LogP contribution < -0.4 is 0 Å². The molecule has 0 aliphatic rings. The summed E-state index contributed by atoms with van der Waals surface area (Å²) in [7, 11) is 0. The van der Waals surface area contributed by atoms with Crippen LogP contribution in [0.3, 0.4) is 0 Å². The van der Waals surface area contributed by atoms with E-state index in [1.807, 2.05) is 0 Å². The van der Waals surface area contributed by atoms with E-state index in [9.17, 15) is 14.9 Å². The summed E-state index contributed by atoms with van der Waals surface area (Å²) in [6.07, 6.45) is -0.760. The van der Waals surface area contributed by atoms with Gasteiger partial charge in [0.05, 0.1) is 26.2 Å². The molecule has 2 aromatic carbocycles. The average Bonchev–Trinajstić information content (AvgIpc) is 3.37. The number of carbonyl (C=O) groups excluding carboxylic acids is 1. The quantitative estimate of drug-likeness (QED) is 0.280. The highest BCUT2D eigenvalue weighted by molar-refractivity contribution is 7.16. The molecule has 4 rings (SSSR count). The van der Waals surface area contributed by atoms with Crippen LogP contribution in [-0.2, 0) is 4.74 Å². The van der Waals surface area contributed by atoms with Crippen molar-refractivity contribution in [2.75, 3.05) is 0 Å². The van der Waals surface area contributed by atoms with Gasteiger partial charge in [-0.3, -0.25) is 10.1 Å². The van der Waals surface area contributed by atoms with Crippen LogP contribution in [0.1, 0.15) is 29.3 Å². The van der Waals surface area contributed by atoms with Crippen LogP contribution in [0.2, 0.25) is 0 Å². The fourth-order valence-electron chi connectivity index (χ4n) is 2.50. The lowest BCUT2D eigenvalue weighted by atomic mass is 10.2. The average molecular weight is 396 g/mol. The molecule has 0 fully saturated rings. The van der Waals surface area contributed by atoms with Gasteiger partial charge in [0.25, 0.3) is 11.6 Å². The van der Waals surface area contributed by atoms with Crippen LogP contribution in [0.15, 0.2) is 52.4 Å². The van der Waals surface area contributed by atoms with Crippen molar-refractivity contribution in [1.82, 2.24) is 15.2 Å². The molecule has 4 aromatic rings. The topological polar surface area (TPSA) is 121 Å². The molecule has 140 valence electrons. The van der Waals surface area contributed by atoms with E-state index < -0.39 is 17.0 Å². The van der Waals surface area contributed by atoms with E-state index in [4.69, 9.17) is 9.15 Å². The molecule has 0 bridgehead atoms. The highest BCUT2D eigenvalue weighted by Crippen LogP contribution is 2.25. The maximum absolute atomic E-state index is 12.4. The number of esters is 1. The molecule has 0 spiro atoms. The minimum absolute atomic E-state index is 0.0382. The number of nitrogens with zero attached hydrogens (tertiary/aromatic N) is 4. The summed E-state index contributed by atoms with van der Waals surface area (Å²) >= 11 is 1.44. The monoisotopic (exact) mass is 396 g/mol. The summed E-state index contributed by atoms with van der Waals surface area (Å²) in [6.45, 7) is 1.62. The summed E-state index contributed by atoms with van der Waals surface area (Å²) in [5.74, 6) is -0.211. The van der Waals surface area contributed by atoms with Crippen LogP contribution in [0.4, 0.5) is 5.69 Å². The van der Waals surface area contributed by atoms with Gasteiger partial charge in [-0.1, -0.05) is 0 Å². The van der Waals surface area contributed by atoms with Crippen LogP contribution in [-0.4, -0.2) is 26.1 Å². The normalized spacial score (nSPS) is 12.0. The Balaban J connectivity index is 1.48. The highest BCUT2D eigenvalue weighted by Gasteiger charge is 2.20. The molecule has 9 nitrogen and oxygen atoms in total. The Morgan fingerprint density at radius 2 is 2.00 bits per heavy atom. The first-order valence-electron chi connectivity index (χ1n) is 8.14. The van der Waals surface area contributed by atoms with Crippen LogP contribution in [0, 0.1) is 10.1 Å². The zero-order chi connectivity index (χ0) is 19.7.